The molecule has 0 atom stereocenters. The molecule has 3 aromatic rings. The van der Waals surface area contributed by atoms with Crippen LogP contribution in [-0.4, -0.2) is 40.0 Å². The summed E-state index contributed by atoms with van der Waals surface area (Å²) in [5, 5.41) is 5.77. The van der Waals surface area contributed by atoms with Crippen molar-refractivity contribution in [2.24, 2.45) is 0 Å². The Morgan fingerprint density at radius 3 is 2.86 bits per heavy atom. The van der Waals surface area contributed by atoms with E-state index in [-0.39, 0.29) is 11.4 Å². The van der Waals surface area contributed by atoms with Gasteiger partial charge in [0, 0.05) is 37.5 Å². The number of carbonyl (C=O) groups is 1. The Kier molecular flexibility index (Phi) is 4.91. The second-order valence-corrected chi connectivity index (χ2v) is 6.47. The quantitative estimate of drug-likeness (QED) is 0.680. The third-order valence-electron chi connectivity index (χ3n) is 4.55. The lowest BCUT2D eigenvalue weighted by Crippen LogP contribution is -2.40. The average Bonchev–Trinajstić information content (AvgIpc) is 3.02. The van der Waals surface area contributed by atoms with Crippen molar-refractivity contribution in [3.05, 3.63) is 53.6 Å². The number of nitrogens with one attached hydrogen (secondary N) is 2. The molecule has 4 rings (SSSR count). The molecule has 0 aromatic carbocycles. The molecule has 0 bridgehead atoms. The number of rotatable bonds is 6. The van der Waals surface area contributed by atoms with E-state index < -0.39 is 18.0 Å². The Bertz CT molecular complexity index is 1020. The molecule has 2 N–H and O–H groups in total. The number of ether oxygens (including phenoxy) is 1. The van der Waals surface area contributed by atoms with Crippen LogP contribution in [0.25, 0.3) is 5.65 Å². The van der Waals surface area contributed by atoms with Gasteiger partial charge in [-0.2, -0.15) is 0 Å². The lowest BCUT2D eigenvalue weighted by molar-refractivity contribution is 0.102. The van der Waals surface area contributed by atoms with Crippen molar-refractivity contribution < 1.29 is 18.3 Å². The highest BCUT2D eigenvalue weighted by molar-refractivity contribution is 6.05. The monoisotopic (exact) mass is 387 g/mol. The molecule has 1 saturated heterocycles. The number of hydrogen-bond acceptors (Lipinski definition) is 5. The number of amides is 1. The van der Waals surface area contributed by atoms with Crippen LogP contribution in [0.1, 0.15) is 41.0 Å². The molecule has 0 saturated carbocycles. The van der Waals surface area contributed by atoms with E-state index in [9.17, 15) is 13.6 Å². The highest BCUT2D eigenvalue weighted by Gasteiger charge is 2.23. The van der Waals surface area contributed by atoms with Crippen LogP contribution in [0.2, 0.25) is 0 Å². The standard InChI is InChI=1S/C19H19F2N5O2/c1-2-28-15-6-17-24-14(11-7-22-8-11)10-26(17)9-12(15)19(27)25-16-5-3-4-13(23-16)18(20)21/h3-6,9-11,18,22H,2,7-8H2,1H3,(H,23,25,27). The topological polar surface area (TPSA) is 80.5 Å². The Hall–Kier alpha value is -3.07. The van der Waals surface area contributed by atoms with E-state index in [1.54, 1.807) is 16.7 Å². The highest BCUT2D eigenvalue weighted by Crippen LogP contribution is 2.26. The number of aromatic nitrogens is 3. The van der Waals surface area contributed by atoms with Crippen molar-refractivity contribution in [3.63, 3.8) is 0 Å². The molecule has 28 heavy (non-hydrogen) atoms. The second kappa shape index (κ2) is 7.51. The maximum absolute atomic E-state index is 12.8. The molecular formula is C19H19F2N5O2. The molecular weight excluding hydrogens is 368 g/mol. The fourth-order valence-corrected chi connectivity index (χ4v) is 3.00. The third kappa shape index (κ3) is 3.53. The molecule has 0 aliphatic carbocycles. The smallest absolute Gasteiger partial charge is 0.280 e. The highest BCUT2D eigenvalue weighted by atomic mass is 19.3. The fraction of sp³-hybridized carbons (Fsp3) is 0.316. The van der Waals surface area contributed by atoms with E-state index >= 15 is 0 Å². The van der Waals surface area contributed by atoms with Crippen LogP contribution in [0.15, 0.2) is 36.7 Å². The van der Waals surface area contributed by atoms with Gasteiger partial charge in [-0.3, -0.25) is 4.79 Å². The number of anilines is 1. The van der Waals surface area contributed by atoms with E-state index in [4.69, 9.17) is 4.74 Å². The maximum Gasteiger partial charge on any atom is 0.280 e. The molecule has 1 amide bonds. The summed E-state index contributed by atoms with van der Waals surface area (Å²) in [6.45, 7) is 3.94. The second-order valence-electron chi connectivity index (χ2n) is 6.47. The molecule has 7 nitrogen and oxygen atoms in total. The summed E-state index contributed by atoms with van der Waals surface area (Å²) in [6.07, 6.45) is 0.815. The van der Waals surface area contributed by atoms with Crippen molar-refractivity contribution in [1.29, 1.82) is 0 Å². The zero-order valence-electron chi connectivity index (χ0n) is 15.2. The largest absolute Gasteiger partial charge is 0.493 e. The molecule has 1 aliphatic heterocycles. The van der Waals surface area contributed by atoms with Gasteiger partial charge in [0.1, 0.15) is 22.9 Å². The minimum atomic E-state index is -2.71. The van der Waals surface area contributed by atoms with Crippen molar-refractivity contribution in [2.75, 3.05) is 25.0 Å². The first-order valence-electron chi connectivity index (χ1n) is 8.97. The number of halogens is 2. The Labute approximate surface area is 159 Å². The molecule has 0 spiro atoms. The van der Waals surface area contributed by atoms with Crippen LogP contribution in [-0.2, 0) is 0 Å². The number of carbonyl (C=O) groups excluding carboxylic acids is 1. The van der Waals surface area contributed by atoms with Crippen molar-refractivity contribution in [1.82, 2.24) is 19.7 Å². The number of hydrogen-bond donors (Lipinski definition) is 2. The van der Waals surface area contributed by atoms with Gasteiger partial charge in [0.05, 0.1) is 17.9 Å². The van der Waals surface area contributed by atoms with Gasteiger partial charge in [-0.25, -0.2) is 18.7 Å². The predicted octanol–water partition coefficient (Wildman–Crippen LogP) is 3.00. The first-order chi connectivity index (χ1) is 13.5. The molecule has 1 aliphatic rings. The molecule has 3 aromatic heterocycles. The first-order valence-corrected chi connectivity index (χ1v) is 8.97. The summed E-state index contributed by atoms with van der Waals surface area (Å²) in [5.74, 6) is 0.289. The third-order valence-corrected chi connectivity index (χ3v) is 4.55. The van der Waals surface area contributed by atoms with Gasteiger partial charge in [-0.1, -0.05) is 6.07 Å². The van der Waals surface area contributed by atoms with E-state index in [1.165, 1.54) is 18.2 Å². The molecule has 146 valence electrons. The summed E-state index contributed by atoms with van der Waals surface area (Å²) in [4.78, 5) is 21.2. The number of alkyl halides is 2. The van der Waals surface area contributed by atoms with Gasteiger partial charge in [0.2, 0.25) is 0 Å². The molecule has 0 radical (unpaired) electrons. The SMILES string of the molecule is CCOc1cc2nc(C3CNC3)cn2cc1C(=O)Nc1cccc(C(F)F)n1. The van der Waals surface area contributed by atoms with Gasteiger partial charge in [-0.15, -0.1) is 0 Å². The minimum Gasteiger partial charge on any atom is -0.493 e. The zero-order valence-corrected chi connectivity index (χ0v) is 15.2. The maximum atomic E-state index is 12.8. The van der Waals surface area contributed by atoms with Crippen LogP contribution in [0.4, 0.5) is 14.6 Å². The molecule has 9 heteroatoms. The normalized spacial score (nSPS) is 14.3. The van der Waals surface area contributed by atoms with Crippen LogP contribution in [0.5, 0.6) is 5.75 Å². The summed E-state index contributed by atoms with van der Waals surface area (Å²) in [6, 6.07) is 5.80. The summed E-state index contributed by atoms with van der Waals surface area (Å²) >= 11 is 0. The van der Waals surface area contributed by atoms with Gasteiger partial charge in [0.25, 0.3) is 12.3 Å². The zero-order chi connectivity index (χ0) is 19.7. The number of fused-ring (bicyclic) bond motifs is 1. The lowest BCUT2D eigenvalue weighted by Gasteiger charge is -2.24. The van der Waals surface area contributed by atoms with E-state index in [0.717, 1.165) is 18.8 Å². The Balaban J connectivity index is 1.66. The lowest BCUT2D eigenvalue weighted by atomic mass is 10.0. The van der Waals surface area contributed by atoms with Crippen LogP contribution >= 0.6 is 0 Å². The summed E-state index contributed by atoms with van der Waals surface area (Å²) < 4.78 is 33.1. The number of nitrogens with zero attached hydrogens (tertiary/aromatic N) is 3. The number of imidazole rings is 1. The van der Waals surface area contributed by atoms with E-state index in [0.29, 0.717) is 23.9 Å². The molecule has 1 fully saturated rings. The van der Waals surface area contributed by atoms with Gasteiger partial charge in [-0.05, 0) is 19.1 Å². The summed E-state index contributed by atoms with van der Waals surface area (Å²) in [5.41, 5.74) is 1.51. The number of pyridine rings is 2. The van der Waals surface area contributed by atoms with Crippen LogP contribution in [0, 0.1) is 0 Å². The van der Waals surface area contributed by atoms with Crippen molar-refractivity contribution >= 4 is 17.4 Å². The van der Waals surface area contributed by atoms with E-state index in [1.807, 2.05) is 13.1 Å². The fourth-order valence-electron chi connectivity index (χ4n) is 3.00. The Morgan fingerprint density at radius 1 is 1.36 bits per heavy atom. The van der Waals surface area contributed by atoms with Crippen molar-refractivity contribution in [3.8, 4) is 5.75 Å². The molecule has 4 heterocycles. The van der Waals surface area contributed by atoms with Crippen LogP contribution < -0.4 is 15.4 Å². The van der Waals surface area contributed by atoms with E-state index in [2.05, 4.69) is 20.6 Å². The van der Waals surface area contributed by atoms with Crippen molar-refractivity contribution in [2.45, 2.75) is 19.3 Å². The minimum absolute atomic E-state index is 0.0530. The molecule has 0 unspecified atom stereocenters. The predicted molar refractivity (Wildman–Crippen MR) is 99.1 cm³/mol. The van der Waals surface area contributed by atoms with Gasteiger partial charge < -0.3 is 19.8 Å². The van der Waals surface area contributed by atoms with Crippen LogP contribution in [0.3, 0.4) is 0 Å². The first kappa shape index (κ1) is 18.3. The summed E-state index contributed by atoms with van der Waals surface area (Å²) in [7, 11) is 0. The Morgan fingerprint density at radius 2 is 2.18 bits per heavy atom. The van der Waals surface area contributed by atoms with Gasteiger partial charge >= 0.3 is 0 Å². The average molecular weight is 387 g/mol. The van der Waals surface area contributed by atoms with Gasteiger partial charge in [0.15, 0.2) is 0 Å².